The molecule has 1 saturated heterocycles. The van der Waals surface area contributed by atoms with Crippen LogP contribution in [0.4, 0.5) is 0 Å². The van der Waals surface area contributed by atoms with E-state index >= 15 is 0 Å². The Labute approximate surface area is 125 Å². The topological polar surface area (TPSA) is 74.0 Å². The first-order chi connectivity index (χ1) is 9.45. The Balaban J connectivity index is 1.97. The molecule has 1 unspecified atom stereocenters. The Morgan fingerprint density at radius 3 is 2.95 bits per heavy atom. The van der Waals surface area contributed by atoms with Crippen LogP contribution >= 0.6 is 11.8 Å². The van der Waals surface area contributed by atoms with E-state index in [2.05, 4.69) is 21.9 Å². The van der Waals surface area contributed by atoms with Crippen molar-refractivity contribution >= 4 is 21.8 Å². The SMILES string of the molecule is CCNCc1cc(S(=O)(=O)NCC2(C)CCCS2)c[nH]1. The van der Waals surface area contributed by atoms with Crippen LogP contribution in [0.2, 0.25) is 0 Å². The molecule has 2 rings (SSSR count). The van der Waals surface area contributed by atoms with Gasteiger partial charge in [-0.25, -0.2) is 13.1 Å². The maximum Gasteiger partial charge on any atom is 0.242 e. The van der Waals surface area contributed by atoms with E-state index < -0.39 is 10.0 Å². The van der Waals surface area contributed by atoms with Crippen molar-refractivity contribution in [3.8, 4) is 0 Å². The first-order valence-corrected chi connectivity index (χ1v) is 9.44. The number of aromatic amines is 1. The molecular weight excluding hydrogens is 294 g/mol. The third-order valence-electron chi connectivity index (χ3n) is 3.53. The molecule has 20 heavy (non-hydrogen) atoms. The molecule has 7 heteroatoms. The van der Waals surface area contributed by atoms with Gasteiger partial charge in [-0.2, -0.15) is 11.8 Å². The first kappa shape index (κ1) is 15.9. The van der Waals surface area contributed by atoms with E-state index in [-0.39, 0.29) is 4.75 Å². The number of rotatable bonds is 7. The third kappa shape index (κ3) is 4.00. The molecule has 114 valence electrons. The molecule has 3 N–H and O–H groups in total. The Kier molecular flexibility index (Phi) is 5.17. The zero-order valence-corrected chi connectivity index (χ0v) is 13.7. The van der Waals surface area contributed by atoms with Crippen LogP contribution in [0.5, 0.6) is 0 Å². The normalized spacial score (nSPS) is 23.3. The van der Waals surface area contributed by atoms with Gasteiger partial charge in [0.2, 0.25) is 10.0 Å². The van der Waals surface area contributed by atoms with Crippen molar-refractivity contribution in [3.05, 3.63) is 18.0 Å². The highest BCUT2D eigenvalue weighted by Gasteiger charge is 2.31. The van der Waals surface area contributed by atoms with Gasteiger partial charge in [-0.05, 0) is 38.1 Å². The summed E-state index contributed by atoms with van der Waals surface area (Å²) in [7, 11) is -3.41. The molecule has 1 aliphatic heterocycles. The smallest absolute Gasteiger partial charge is 0.242 e. The van der Waals surface area contributed by atoms with E-state index in [4.69, 9.17) is 0 Å². The molecule has 1 fully saturated rings. The second-order valence-electron chi connectivity index (χ2n) is 5.37. The van der Waals surface area contributed by atoms with E-state index in [0.717, 1.165) is 24.4 Å². The van der Waals surface area contributed by atoms with Crippen molar-refractivity contribution in [3.63, 3.8) is 0 Å². The standard InChI is InChI=1S/C13H23N3O2S2/c1-3-14-8-11-7-12(9-15-11)20(17,18)16-10-13(2)5-4-6-19-13/h7,9,14-16H,3-6,8,10H2,1-2H3. The fraction of sp³-hybridized carbons (Fsp3) is 0.692. The Bertz CT molecular complexity index is 534. The van der Waals surface area contributed by atoms with E-state index in [9.17, 15) is 8.42 Å². The minimum atomic E-state index is -3.41. The van der Waals surface area contributed by atoms with Crippen LogP contribution in [0.1, 0.15) is 32.4 Å². The number of aromatic nitrogens is 1. The van der Waals surface area contributed by atoms with Crippen LogP contribution in [0.25, 0.3) is 0 Å². The highest BCUT2D eigenvalue weighted by Crippen LogP contribution is 2.37. The predicted molar refractivity (Wildman–Crippen MR) is 83.5 cm³/mol. The summed E-state index contributed by atoms with van der Waals surface area (Å²) in [6.07, 6.45) is 3.79. The van der Waals surface area contributed by atoms with Crippen LogP contribution in [0.3, 0.4) is 0 Å². The summed E-state index contributed by atoms with van der Waals surface area (Å²) in [5.41, 5.74) is 0.883. The summed E-state index contributed by atoms with van der Waals surface area (Å²) in [6.45, 7) is 6.14. The maximum absolute atomic E-state index is 12.3. The second kappa shape index (κ2) is 6.51. The summed E-state index contributed by atoms with van der Waals surface area (Å²) >= 11 is 1.85. The highest BCUT2D eigenvalue weighted by molar-refractivity contribution is 8.01. The lowest BCUT2D eigenvalue weighted by Gasteiger charge is -2.22. The lowest BCUT2D eigenvalue weighted by molar-refractivity contribution is 0.552. The van der Waals surface area contributed by atoms with Crippen molar-refractivity contribution in [2.75, 3.05) is 18.8 Å². The van der Waals surface area contributed by atoms with Crippen molar-refractivity contribution in [1.82, 2.24) is 15.0 Å². The molecule has 1 aliphatic rings. The monoisotopic (exact) mass is 317 g/mol. The Morgan fingerprint density at radius 2 is 2.30 bits per heavy atom. The van der Waals surface area contributed by atoms with Crippen LogP contribution in [-0.4, -0.2) is 37.0 Å². The molecule has 1 atom stereocenters. The molecule has 0 spiro atoms. The van der Waals surface area contributed by atoms with Gasteiger partial charge < -0.3 is 10.3 Å². The lowest BCUT2D eigenvalue weighted by atomic mass is 10.1. The van der Waals surface area contributed by atoms with Gasteiger partial charge in [0.05, 0.1) is 4.90 Å². The Morgan fingerprint density at radius 1 is 1.50 bits per heavy atom. The summed E-state index contributed by atoms with van der Waals surface area (Å²) < 4.78 is 27.3. The number of sulfonamides is 1. The van der Waals surface area contributed by atoms with Crippen LogP contribution < -0.4 is 10.0 Å². The fourth-order valence-corrected chi connectivity index (χ4v) is 4.77. The molecule has 5 nitrogen and oxygen atoms in total. The van der Waals surface area contributed by atoms with E-state index in [1.165, 1.54) is 6.42 Å². The van der Waals surface area contributed by atoms with Gasteiger partial charge in [-0.1, -0.05) is 6.92 Å². The van der Waals surface area contributed by atoms with Gasteiger partial charge in [0, 0.05) is 29.7 Å². The highest BCUT2D eigenvalue weighted by atomic mass is 32.2. The van der Waals surface area contributed by atoms with E-state index in [1.807, 2.05) is 18.7 Å². The molecule has 0 amide bonds. The van der Waals surface area contributed by atoms with Gasteiger partial charge in [0.1, 0.15) is 0 Å². The van der Waals surface area contributed by atoms with Gasteiger partial charge in [0.25, 0.3) is 0 Å². The number of thioether (sulfide) groups is 1. The third-order valence-corrected chi connectivity index (χ3v) is 6.45. The molecule has 0 radical (unpaired) electrons. The van der Waals surface area contributed by atoms with Crippen molar-refractivity contribution < 1.29 is 8.42 Å². The summed E-state index contributed by atoms with van der Waals surface area (Å²) in [5, 5.41) is 3.16. The summed E-state index contributed by atoms with van der Waals surface area (Å²) in [6, 6.07) is 1.69. The molecular formula is C13H23N3O2S2. The fourth-order valence-electron chi connectivity index (χ4n) is 2.24. The summed E-state index contributed by atoms with van der Waals surface area (Å²) in [5.74, 6) is 1.12. The largest absolute Gasteiger partial charge is 0.363 e. The maximum atomic E-state index is 12.3. The molecule has 2 heterocycles. The van der Waals surface area contributed by atoms with Gasteiger partial charge in [0.15, 0.2) is 0 Å². The first-order valence-electron chi connectivity index (χ1n) is 6.97. The average Bonchev–Trinajstić information content (AvgIpc) is 3.04. The van der Waals surface area contributed by atoms with E-state index in [0.29, 0.717) is 18.0 Å². The zero-order valence-electron chi connectivity index (χ0n) is 12.0. The molecule has 0 bridgehead atoms. The van der Waals surface area contributed by atoms with Gasteiger partial charge in [-0.3, -0.25) is 0 Å². The average molecular weight is 317 g/mol. The van der Waals surface area contributed by atoms with Crippen LogP contribution in [-0.2, 0) is 16.6 Å². The molecule has 1 aromatic heterocycles. The second-order valence-corrected chi connectivity index (χ2v) is 8.82. The van der Waals surface area contributed by atoms with Crippen molar-refractivity contribution in [2.24, 2.45) is 0 Å². The minimum absolute atomic E-state index is 0.0377. The number of H-pyrrole nitrogens is 1. The van der Waals surface area contributed by atoms with E-state index in [1.54, 1.807) is 12.3 Å². The molecule has 0 aliphatic carbocycles. The molecule has 0 aromatic carbocycles. The minimum Gasteiger partial charge on any atom is -0.363 e. The van der Waals surface area contributed by atoms with Crippen LogP contribution in [0.15, 0.2) is 17.2 Å². The quantitative estimate of drug-likeness (QED) is 0.715. The zero-order chi connectivity index (χ0) is 14.6. The number of hydrogen-bond acceptors (Lipinski definition) is 4. The molecule has 0 saturated carbocycles. The van der Waals surface area contributed by atoms with Gasteiger partial charge in [-0.15, -0.1) is 0 Å². The van der Waals surface area contributed by atoms with Gasteiger partial charge >= 0.3 is 0 Å². The number of hydrogen-bond donors (Lipinski definition) is 3. The Hall–Kier alpha value is -0.500. The summed E-state index contributed by atoms with van der Waals surface area (Å²) in [4.78, 5) is 3.31. The van der Waals surface area contributed by atoms with Crippen molar-refractivity contribution in [2.45, 2.75) is 42.9 Å². The predicted octanol–water partition coefficient (Wildman–Crippen LogP) is 1.69. The lowest BCUT2D eigenvalue weighted by Crippen LogP contribution is -2.36. The van der Waals surface area contributed by atoms with Crippen molar-refractivity contribution in [1.29, 1.82) is 0 Å². The number of nitrogens with one attached hydrogen (secondary N) is 3. The van der Waals surface area contributed by atoms with Crippen LogP contribution in [0, 0.1) is 0 Å². The molecule has 1 aromatic rings.